The molecule has 0 saturated heterocycles. The zero-order valence-electron chi connectivity index (χ0n) is 13.5. The Hall–Kier alpha value is -0.0400. The van der Waals surface area contributed by atoms with Crippen LogP contribution in [0.2, 0.25) is 0 Å². The second-order valence-corrected chi connectivity index (χ2v) is 7.53. The van der Waals surface area contributed by atoms with E-state index in [2.05, 4.69) is 46.9 Å². The first-order chi connectivity index (χ1) is 8.40. The Morgan fingerprint density at radius 3 is 2.11 bits per heavy atom. The van der Waals surface area contributed by atoms with Crippen molar-refractivity contribution in [3.05, 3.63) is 0 Å². The second-order valence-electron chi connectivity index (χ2n) is 7.53. The van der Waals surface area contributed by atoms with Gasteiger partial charge < -0.3 is 5.32 Å². The van der Waals surface area contributed by atoms with Crippen LogP contribution in [0.1, 0.15) is 67.2 Å². The van der Waals surface area contributed by atoms with Crippen molar-refractivity contribution in [2.45, 2.75) is 73.3 Å². The van der Waals surface area contributed by atoms with Crippen molar-refractivity contribution in [2.75, 3.05) is 6.54 Å². The molecular formula is C17H35N. The normalized spacial score (nSPS) is 29.5. The Bertz CT molecular complexity index is 220. The summed E-state index contributed by atoms with van der Waals surface area (Å²) < 4.78 is 0. The van der Waals surface area contributed by atoms with Crippen LogP contribution in [0.3, 0.4) is 0 Å². The molecule has 0 bridgehead atoms. The summed E-state index contributed by atoms with van der Waals surface area (Å²) in [6.45, 7) is 15.3. The topological polar surface area (TPSA) is 12.0 Å². The average Bonchev–Trinajstić information content (AvgIpc) is 2.26. The van der Waals surface area contributed by atoms with Gasteiger partial charge in [0.05, 0.1) is 0 Å². The van der Waals surface area contributed by atoms with Gasteiger partial charge in [0.15, 0.2) is 0 Å². The van der Waals surface area contributed by atoms with Gasteiger partial charge in [0.1, 0.15) is 0 Å². The van der Waals surface area contributed by atoms with Gasteiger partial charge in [0, 0.05) is 6.04 Å². The lowest BCUT2D eigenvalue weighted by Crippen LogP contribution is -2.37. The second kappa shape index (κ2) is 7.53. The van der Waals surface area contributed by atoms with Gasteiger partial charge in [0.2, 0.25) is 0 Å². The fourth-order valence-electron chi connectivity index (χ4n) is 3.52. The van der Waals surface area contributed by atoms with E-state index in [-0.39, 0.29) is 0 Å². The Labute approximate surface area is 115 Å². The molecule has 1 fully saturated rings. The van der Waals surface area contributed by atoms with Crippen LogP contribution in [-0.2, 0) is 0 Å². The van der Waals surface area contributed by atoms with Gasteiger partial charge in [-0.05, 0) is 61.8 Å². The molecule has 0 aromatic rings. The first kappa shape index (κ1) is 16.0. The molecule has 3 unspecified atom stereocenters. The highest BCUT2D eigenvalue weighted by atomic mass is 14.9. The van der Waals surface area contributed by atoms with Crippen molar-refractivity contribution in [1.82, 2.24) is 5.32 Å². The van der Waals surface area contributed by atoms with Crippen LogP contribution in [0.5, 0.6) is 0 Å². The zero-order valence-corrected chi connectivity index (χ0v) is 13.5. The summed E-state index contributed by atoms with van der Waals surface area (Å²) >= 11 is 0. The summed E-state index contributed by atoms with van der Waals surface area (Å²) in [5, 5.41) is 3.66. The lowest BCUT2D eigenvalue weighted by atomic mass is 9.68. The predicted molar refractivity (Wildman–Crippen MR) is 81.8 cm³/mol. The van der Waals surface area contributed by atoms with E-state index in [1.54, 1.807) is 0 Å². The molecule has 0 aliphatic heterocycles. The van der Waals surface area contributed by atoms with E-state index < -0.39 is 0 Å². The van der Waals surface area contributed by atoms with Gasteiger partial charge >= 0.3 is 0 Å². The highest BCUT2D eigenvalue weighted by molar-refractivity contribution is 4.83. The summed E-state index contributed by atoms with van der Waals surface area (Å²) in [6.07, 6.45) is 5.80. The predicted octanol–water partition coefficient (Wildman–Crippen LogP) is 4.72. The Balaban J connectivity index is 2.53. The van der Waals surface area contributed by atoms with Crippen LogP contribution >= 0.6 is 0 Å². The maximum atomic E-state index is 3.66. The Kier molecular flexibility index (Phi) is 6.70. The lowest BCUT2D eigenvalue weighted by Gasteiger charge is -2.39. The molecule has 0 amide bonds. The minimum absolute atomic E-state index is 0.632. The third-order valence-electron chi connectivity index (χ3n) is 4.69. The quantitative estimate of drug-likeness (QED) is 0.722. The van der Waals surface area contributed by atoms with E-state index >= 15 is 0 Å². The fraction of sp³-hybridized carbons (Fsp3) is 1.00. The molecule has 0 aromatic heterocycles. The van der Waals surface area contributed by atoms with Gasteiger partial charge in [-0.1, -0.05) is 41.5 Å². The van der Waals surface area contributed by atoms with Crippen LogP contribution in [-0.4, -0.2) is 12.6 Å². The van der Waals surface area contributed by atoms with Crippen LogP contribution in [0.4, 0.5) is 0 Å². The largest absolute Gasteiger partial charge is 0.314 e. The molecule has 1 saturated carbocycles. The van der Waals surface area contributed by atoms with Crippen molar-refractivity contribution < 1.29 is 0 Å². The smallest absolute Gasteiger partial charge is 0.00104 e. The summed E-state index contributed by atoms with van der Waals surface area (Å²) in [5.74, 6) is 4.58. The molecule has 0 spiro atoms. The fourth-order valence-corrected chi connectivity index (χ4v) is 3.52. The Morgan fingerprint density at radius 2 is 1.61 bits per heavy atom. The number of rotatable bonds is 6. The minimum atomic E-state index is 0.632. The number of nitrogens with one attached hydrogen (secondary N) is 1. The molecular weight excluding hydrogens is 218 g/mol. The lowest BCUT2D eigenvalue weighted by molar-refractivity contribution is 0.126. The van der Waals surface area contributed by atoms with Gasteiger partial charge in [0.25, 0.3) is 0 Å². The maximum absolute atomic E-state index is 3.66. The first-order valence-electron chi connectivity index (χ1n) is 8.13. The van der Waals surface area contributed by atoms with E-state index in [0.717, 1.165) is 29.6 Å². The third kappa shape index (κ3) is 5.30. The molecule has 3 atom stereocenters. The summed E-state index contributed by atoms with van der Waals surface area (Å²) in [6, 6.07) is 0.632. The first-order valence-corrected chi connectivity index (χ1v) is 8.13. The highest BCUT2D eigenvalue weighted by Crippen LogP contribution is 2.40. The molecule has 1 nitrogen and oxygen atoms in total. The van der Waals surface area contributed by atoms with Crippen LogP contribution in [0.15, 0.2) is 0 Å². The molecule has 0 heterocycles. The average molecular weight is 253 g/mol. The van der Waals surface area contributed by atoms with Crippen molar-refractivity contribution in [3.63, 3.8) is 0 Å². The number of hydrogen-bond donors (Lipinski definition) is 1. The van der Waals surface area contributed by atoms with E-state index in [0.29, 0.717) is 6.04 Å². The standard InChI is InChI=1S/C17H35N/c1-12(2)9-17-10-15(13(3)4)7-8-16(17)11-18-14(5)6/h12-18H,7-11H2,1-6H3. The van der Waals surface area contributed by atoms with Gasteiger partial charge in [-0.2, -0.15) is 0 Å². The molecule has 1 rings (SSSR count). The van der Waals surface area contributed by atoms with Gasteiger partial charge in [-0.15, -0.1) is 0 Å². The van der Waals surface area contributed by atoms with E-state index in [1.165, 1.54) is 32.2 Å². The van der Waals surface area contributed by atoms with Crippen LogP contribution in [0.25, 0.3) is 0 Å². The van der Waals surface area contributed by atoms with Gasteiger partial charge in [-0.25, -0.2) is 0 Å². The zero-order chi connectivity index (χ0) is 13.7. The number of hydrogen-bond acceptors (Lipinski definition) is 1. The molecule has 1 aliphatic carbocycles. The minimum Gasteiger partial charge on any atom is -0.314 e. The van der Waals surface area contributed by atoms with Crippen molar-refractivity contribution in [3.8, 4) is 0 Å². The molecule has 18 heavy (non-hydrogen) atoms. The van der Waals surface area contributed by atoms with Gasteiger partial charge in [-0.3, -0.25) is 0 Å². The van der Waals surface area contributed by atoms with E-state index in [4.69, 9.17) is 0 Å². The highest BCUT2D eigenvalue weighted by Gasteiger charge is 2.31. The van der Waals surface area contributed by atoms with Crippen LogP contribution in [0, 0.1) is 29.6 Å². The summed E-state index contributed by atoms with van der Waals surface area (Å²) in [7, 11) is 0. The summed E-state index contributed by atoms with van der Waals surface area (Å²) in [4.78, 5) is 0. The molecule has 0 aromatic carbocycles. The van der Waals surface area contributed by atoms with E-state index in [9.17, 15) is 0 Å². The monoisotopic (exact) mass is 253 g/mol. The van der Waals surface area contributed by atoms with Crippen molar-refractivity contribution in [2.24, 2.45) is 29.6 Å². The molecule has 1 aliphatic rings. The van der Waals surface area contributed by atoms with Crippen molar-refractivity contribution in [1.29, 1.82) is 0 Å². The van der Waals surface area contributed by atoms with Crippen molar-refractivity contribution >= 4 is 0 Å². The van der Waals surface area contributed by atoms with E-state index in [1.807, 2.05) is 0 Å². The molecule has 1 N–H and O–H groups in total. The molecule has 1 heteroatoms. The SMILES string of the molecule is CC(C)CC1CC(C(C)C)CCC1CNC(C)C. The third-order valence-corrected chi connectivity index (χ3v) is 4.69. The summed E-state index contributed by atoms with van der Waals surface area (Å²) in [5.41, 5.74) is 0. The van der Waals surface area contributed by atoms with Crippen LogP contribution < -0.4 is 5.32 Å². The maximum Gasteiger partial charge on any atom is 0.00104 e. The molecule has 0 radical (unpaired) electrons. The Morgan fingerprint density at radius 1 is 0.944 bits per heavy atom. The molecule has 108 valence electrons.